The molecule has 0 aromatic rings. The van der Waals surface area contributed by atoms with E-state index in [2.05, 4.69) is 5.32 Å². The Hall–Kier alpha value is -1.59. The predicted octanol–water partition coefficient (Wildman–Crippen LogP) is 0.950. The van der Waals surface area contributed by atoms with Crippen molar-refractivity contribution in [1.29, 1.82) is 0 Å². The van der Waals surface area contributed by atoms with Crippen LogP contribution in [0.4, 0.5) is 0 Å². The normalized spacial score (nSPS) is 15.9. The van der Waals surface area contributed by atoms with Crippen molar-refractivity contribution in [2.75, 3.05) is 26.2 Å². The van der Waals surface area contributed by atoms with E-state index in [1.807, 2.05) is 18.7 Å². The second-order valence-electron chi connectivity index (χ2n) is 5.60. The number of ether oxygens (including phenoxy) is 1. The number of carbonyl (C=O) groups excluding carboxylic acids is 3. The molecule has 0 spiro atoms. The molecule has 0 radical (unpaired) electrons. The third kappa shape index (κ3) is 5.73. The number of amides is 2. The molecule has 0 saturated carbocycles. The van der Waals surface area contributed by atoms with E-state index < -0.39 is 0 Å². The zero-order valence-electron chi connectivity index (χ0n) is 13.2. The summed E-state index contributed by atoms with van der Waals surface area (Å²) in [5.74, 6) is -0.245. The fourth-order valence-corrected chi connectivity index (χ4v) is 2.39. The van der Waals surface area contributed by atoms with Crippen LogP contribution < -0.4 is 5.32 Å². The van der Waals surface area contributed by atoms with Gasteiger partial charge < -0.3 is 15.0 Å². The zero-order chi connectivity index (χ0) is 15.8. The Balaban J connectivity index is 2.26. The average Bonchev–Trinajstić information content (AvgIpc) is 2.46. The van der Waals surface area contributed by atoms with E-state index in [0.717, 1.165) is 0 Å². The molecule has 0 aliphatic carbocycles. The molecular formula is C15H26N2O4. The van der Waals surface area contributed by atoms with Gasteiger partial charge in [0.15, 0.2) is 0 Å². The van der Waals surface area contributed by atoms with Gasteiger partial charge in [-0.3, -0.25) is 14.4 Å². The quantitative estimate of drug-likeness (QED) is 0.741. The van der Waals surface area contributed by atoms with E-state index >= 15 is 0 Å². The van der Waals surface area contributed by atoms with Crippen LogP contribution in [0.1, 0.15) is 40.0 Å². The highest BCUT2D eigenvalue weighted by molar-refractivity contribution is 5.81. The summed E-state index contributed by atoms with van der Waals surface area (Å²) in [5, 5.41) is 2.77. The Labute approximate surface area is 126 Å². The number of hydrogen-bond acceptors (Lipinski definition) is 4. The van der Waals surface area contributed by atoms with Crippen molar-refractivity contribution in [2.24, 2.45) is 11.8 Å². The number of rotatable bonds is 6. The van der Waals surface area contributed by atoms with Gasteiger partial charge >= 0.3 is 5.97 Å². The maximum Gasteiger partial charge on any atom is 0.307 e. The second kappa shape index (κ2) is 8.64. The van der Waals surface area contributed by atoms with Crippen molar-refractivity contribution in [2.45, 2.75) is 40.0 Å². The van der Waals surface area contributed by atoms with Crippen molar-refractivity contribution in [1.82, 2.24) is 10.2 Å². The lowest BCUT2D eigenvalue weighted by atomic mass is 9.95. The molecule has 1 fully saturated rings. The maximum atomic E-state index is 12.0. The van der Waals surface area contributed by atoms with Crippen molar-refractivity contribution in [3.8, 4) is 0 Å². The summed E-state index contributed by atoms with van der Waals surface area (Å²) in [6, 6.07) is 0. The number of carbonyl (C=O) groups is 3. The minimum Gasteiger partial charge on any atom is -0.466 e. The van der Waals surface area contributed by atoms with E-state index in [-0.39, 0.29) is 36.0 Å². The Bertz CT molecular complexity index is 374. The van der Waals surface area contributed by atoms with Gasteiger partial charge in [-0.05, 0) is 19.8 Å². The van der Waals surface area contributed by atoms with Crippen LogP contribution in [0.25, 0.3) is 0 Å². The van der Waals surface area contributed by atoms with E-state index in [1.165, 1.54) is 0 Å². The second-order valence-corrected chi connectivity index (χ2v) is 5.60. The molecule has 1 aliphatic heterocycles. The highest BCUT2D eigenvalue weighted by Gasteiger charge is 2.27. The fraction of sp³-hybridized carbons (Fsp3) is 0.800. The minimum atomic E-state index is -0.296. The van der Waals surface area contributed by atoms with Gasteiger partial charge in [0.05, 0.1) is 13.0 Å². The van der Waals surface area contributed by atoms with Gasteiger partial charge in [-0.2, -0.15) is 0 Å². The minimum absolute atomic E-state index is 0.0000421. The van der Waals surface area contributed by atoms with Crippen LogP contribution in [-0.2, 0) is 19.1 Å². The fourth-order valence-electron chi connectivity index (χ4n) is 2.39. The van der Waals surface area contributed by atoms with Crippen LogP contribution in [0.5, 0.6) is 0 Å². The molecule has 120 valence electrons. The van der Waals surface area contributed by atoms with E-state index in [1.54, 1.807) is 6.92 Å². The Morgan fingerprint density at radius 3 is 2.38 bits per heavy atom. The van der Waals surface area contributed by atoms with Crippen LogP contribution in [-0.4, -0.2) is 48.9 Å². The molecule has 0 aromatic carbocycles. The van der Waals surface area contributed by atoms with Crippen LogP contribution in [0, 0.1) is 11.8 Å². The standard InChI is InChI=1S/C15H26N2O4/c1-4-21-13(18)5-8-16-14(19)12-6-9-17(10-7-12)15(20)11(2)3/h11-12H,4-10H2,1-3H3,(H,16,19). The summed E-state index contributed by atoms with van der Waals surface area (Å²) >= 11 is 0. The Kier molecular flexibility index (Phi) is 7.19. The smallest absolute Gasteiger partial charge is 0.307 e. The van der Waals surface area contributed by atoms with Crippen LogP contribution in [0.2, 0.25) is 0 Å². The van der Waals surface area contributed by atoms with Gasteiger partial charge in [0.25, 0.3) is 0 Å². The first kappa shape index (κ1) is 17.5. The molecule has 0 bridgehead atoms. The summed E-state index contributed by atoms with van der Waals surface area (Å²) in [7, 11) is 0. The molecular weight excluding hydrogens is 272 g/mol. The van der Waals surface area contributed by atoms with Crippen LogP contribution in [0.3, 0.4) is 0 Å². The monoisotopic (exact) mass is 298 g/mol. The van der Waals surface area contributed by atoms with Crippen LogP contribution in [0.15, 0.2) is 0 Å². The number of likely N-dealkylation sites (tertiary alicyclic amines) is 1. The number of nitrogens with one attached hydrogen (secondary N) is 1. The van der Waals surface area contributed by atoms with Crippen molar-refractivity contribution >= 4 is 17.8 Å². The molecule has 0 atom stereocenters. The average molecular weight is 298 g/mol. The first-order valence-corrected chi connectivity index (χ1v) is 7.67. The SMILES string of the molecule is CCOC(=O)CCNC(=O)C1CCN(C(=O)C(C)C)CC1. The first-order chi connectivity index (χ1) is 9.95. The molecule has 1 rings (SSSR count). The number of nitrogens with zero attached hydrogens (tertiary/aromatic N) is 1. The van der Waals surface area contributed by atoms with Gasteiger partial charge in [-0.1, -0.05) is 13.8 Å². The summed E-state index contributed by atoms with van der Waals surface area (Å²) in [6.45, 7) is 7.45. The van der Waals surface area contributed by atoms with Crippen molar-refractivity contribution < 1.29 is 19.1 Å². The summed E-state index contributed by atoms with van der Waals surface area (Å²) in [4.78, 5) is 36.8. The lowest BCUT2D eigenvalue weighted by Crippen LogP contribution is -2.44. The molecule has 0 unspecified atom stereocenters. The van der Waals surface area contributed by atoms with Gasteiger partial charge in [-0.25, -0.2) is 0 Å². The Morgan fingerprint density at radius 1 is 1.24 bits per heavy atom. The summed E-state index contributed by atoms with van der Waals surface area (Å²) < 4.78 is 4.80. The molecule has 2 amide bonds. The van der Waals surface area contributed by atoms with Gasteiger partial charge in [0.1, 0.15) is 0 Å². The van der Waals surface area contributed by atoms with E-state index in [9.17, 15) is 14.4 Å². The predicted molar refractivity (Wildman–Crippen MR) is 78.4 cm³/mol. The third-order valence-electron chi connectivity index (χ3n) is 3.61. The third-order valence-corrected chi connectivity index (χ3v) is 3.61. The van der Waals surface area contributed by atoms with Crippen LogP contribution >= 0.6 is 0 Å². The molecule has 1 aliphatic rings. The van der Waals surface area contributed by atoms with Gasteiger partial charge in [0.2, 0.25) is 11.8 Å². The lowest BCUT2D eigenvalue weighted by Gasteiger charge is -2.32. The molecule has 6 nitrogen and oxygen atoms in total. The maximum absolute atomic E-state index is 12.0. The van der Waals surface area contributed by atoms with Crippen molar-refractivity contribution in [3.05, 3.63) is 0 Å². The molecule has 1 saturated heterocycles. The molecule has 21 heavy (non-hydrogen) atoms. The van der Waals surface area contributed by atoms with Gasteiger partial charge in [-0.15, -0.1) is 0 Å². The van der Waals surface area contributed by atoms with Gasteiger partial charge in [0, 0.05) is 31.5 Å². The largest absolute Gasteiger partial charge is 0.466 e. The molecule has 1 heterocycles. The number of piperidine rings is 1. The molecule has 6 heteroatoms. The molecule has 0 aromatic heterocycles. The van der Waals surface area contributed by atoms with Crippen molar-refractivity contribution in [3.63, 3.8) is 0 Å². The zero-order valence-corrected chi connectivity index (χ0v) is 13.2. The highest BCUT2D eigenvalue weighted by atomic mass is 16.5. The summed E-state index contributed by atoms with van der Waals surface area (Å²) in [6.07, 6.45) is 1.57. The number of hydrogen-bond donors (Lipinski definition) is 1. The number of esters is 1. The Morgan fingerprint density at radius 2 is 1.86 bits per heavy atom. The summed E-state index contributed by atoms with van der Waals surface area (Å²) in [5.41, 5.74) is 0. The lowest BCUT2D eigenvalue weighted by molar-refractivity contribution is -0.143. The van der Waals surface area contributed by atoms with E-state index in [4.69, 9.17) is 4.74 Å². The highest BCUT2D eigenvalue weighted by Crippen LogP contribution is 2.18. The first-order valence-electron chi connectivity index (χ1n) is 7.67. The van der Waals surface area contributed by atoms with E-state index in [0.29, 0.717) is 39.1 Å². The topological polar surface area (TPSA) is 75.7 Å². The molecule has 1 N–H and O–H groups in total.